The molecule has 1 fully saturated rings. The van der Waals surface area contributed by atoms with Gasteiger partial charge in [-0.25, -0.2) is 0 Å². The number of nitrogens with zero attached hydrogens (tertiary/aromatic N) is 2. The first-order valence-corrected chi connectivity index (χ1v) is 8.44. The highest BCUT2D eigenvalue weighted by atomic mass is 35.5. The van der Waals surface area contributed by atoms with E-state index in [9.17, 15) is 4.79 Å². The van der Waals surface area contributed by atoms with Crippen LogP contribution in [0.25, 0.3) is 10.9 Å². The average Bonchev–Trinajstić information content (AvgIpc) is 2.95. The molecular formula is C18H28Cl2N4O2. The molecule has 2 N–H and O–H groups in total. The molecule has 2 aromatic rings. The van der Waals surface area contributed by atoms with Crippen LogP contribution in [0.3, 0.4) is 0 Å². The lowest BCUT2D eigenvalue weighted by molar-refractivity contribution is -0.123. The number of carbonyl (C=O) groups excluding carboxylic acids is 1. The zero-order valence-electron chi connectivity index (χ0n) is 15.4. The number of benzene rings is 1. The highest BCUT2D eigenvalue weighted by Gasteiger charge is 2.28. The minimum atomic E-state index is -0.310. The molecule has 8 heteroatoms. The zero-order chi connectivity index (χ0) is 17.1. The third-order valence-electron chi connectivity index (χ3n) is 4.43. The quantitative estimate of drug-likeness (QED) is 0.805. The Morgan fingerprint density at radius 3 is 2.81 bits per heavy atom. The molecule has 0 unspecified atom stereocenters. The average molecular weight is 403 g/mol. The Morgan fingerprint density at radius 2 is 2.12 bits per heavy atom. The van der Waals surface area contributed by atoms with Crippen LogP contribution < -0.4 is 10.6 Å². The summed E-state index contributed by atoms with van der Waals surface area (Å²) in [4.78, 5) is 14.6. The van der Waals surface area contributed by atoms with E-state index in [1.54, 1.807) is 0 Å². The Morgan fingerprint density at radius 1 is 1.35 bits per heavy atom. The molecule has 0 radical (unpaired) electrons. The van der Waals surface area contributed by atoms with Crippen LogP contribution in [0.4, 0.5) is 5.69 Å². The summed E-state index contributed by atoms with van der Waals surface area (Å²) >= 11 is 0. The van der Waals surface area contributed by atoms with Crippen molar-refractivity contribution in [1.29, 1.82) is 0 Å². The number of morpholine rings is 1. The summed E-state index contributed by atoms with van der Waals surface area (Å²) in [5.41, 5.74) is 1.95. The van der Waals surface area contributed by atoms with Gasteiger partial charge in [0, 0.05) is 31.5 Å². The highest BCUT2D eigenvalue weighted by molar-refractivity contribution is 5.97. The molecular weight excluding hydrogens is 375 g/mol. The normalized spacial score (nSPS) is 19.7. The van der Waals surface area contributed by atoms with E-state index in [0.29, 0.717) is 13.2 Å². The van der Waals surface area contributed by atoms with Crippen molar-refractivity contribution in [3.63, 3.8) is 0 Å². The summed E-state index contributed by atoms with van der Waals surface area (Å²) in [5.74, 6) is -0.0482. The van der Waals surface area contributed by atoms with Crippen LogP contribution in [0.15, 0.2) is 30.5 Å². The molecule has 1 aliphatic rings. The minimum Gasteiger partial charge on any atom is -0.375 e. The van der Waals surface area contributed by atoms with Crippen molar-refractivity contribution in [3.8, 4) is 0 Å². The fraction of sp³-hybridized carbons (Fsp3) is 0.500. The van der Waals surface area contributed by atoms with Crippen molar-refractivity contribution in [2.45, 2.75) is 25.6 Å². The topological polar surface area (TPSA) is 58.5 Å². The Kier molecular flexibility index (Phi) is 8.86. The number of halogens is 2. The van der Waals surface area contributed by atoms with Crippen molar-refractivity contribution in [3.05, 3.63) is 30.5 Å². The number of fused-ring (bicyclic) bond motifs is 1. The van der Waals surface area contributed by atoms with Gasteiger partial charge in [0.05, 0.1) is 18.2 Å². The lowest BCUT2D eigenvalue weighted by Crippen LogP contribution is -2.53. The fourth-order valence-corrected chi connectivity index (χ4v) is 3.01. The Bertz CT molecular complexity index is 720. The van der Waals surface area contributed by atoms with Crippen molar-refractivity contribution >= 4 is 47.3 Å². The lowest BCUT2D eigenvalue weighted by Gasteiger charge is -2.29. The molecule has 0 spiro atoms. The Hall–Kier alpha value is -1.31. The number of rotatable bonds is 5. The molecule has 0 bridgehead atoms. The molecule has 0 saturated carbocycles. The SMILES string of the molecule is C[C@H]1OCCN[C@@H]1C(=O)Nc1ccc2ccn(CCN(C)C)c2c1.Cl.Cl. The number of carbonyl (C=O) groups is 1. The van der Waals surface area contributed by atoms with E-state index in [1.165, 1.54) is 5.39 Å². The number of aromatic nitrogens is 1. The van der Waals surface area contributed by atoms with Crippen LogP contribution >= 0.6 is 24.8 Å². The summed E-state index contributed by atoms with van der Waals surface area (Å²) in [7, 11) is 4.13. The van der Waals surface area contributed by atoms with Crippen LogP contribution in [-0.2, 0) is 16.1 Å². The van der Waals surface area contributed by atoms with Crippen molar-refractivity contribution in [2.75, 3.05) is 39.1 Å². The van der Waals surface area contributed by atoms with Crippen LogP contribution in [0.5, 0.6) is 0 Å². The van der Waals surface area contributed by atoms with Gasteiger partial charge in [0.1, 0.15) is 6.04 Å². The summed E-state index contributed by atoms with van der Waals surface area (Å²) < 4.78 is 7.77. The summed E-state index contributed by atoms with van der Waals surface area (Å²) in [6.45, 7) is 5.17. The predicted octanol–water partition coefficient (Wildman–Crippen LogP) is 2.36. The number of ether oxygens (including phenoxy) is 1. The molecule has 1 amide bonds. The second kappa shape index (κ2) is 10.1. The molecule has 146 valence electrons. The molecule has 1 aromatic carbocycles. The van der Waals surface area contributed by atoms with E-state index in [0.717, 1.165) is 24.3 Å². The van der Waals surface area contributed by atoms with Crippen LogP contribution in [0, 0.1) is 0 Å². The number of hydrogen-bond acceptors (Lipinski definition) is 4. The number of nitrogens with one attached hydrogen (secondary N) is 2. The van der Waals surface area contributed by atoms with Gasteiger partial charge in [-0.1, -0.05) is 6.07 Å². The number of likely N-dealkylation sites (N-methyl/N-ethyl adjacent to an activating group) is 1. The third-order valence-corrected chi connectivity index (χ3v) is 4.43. The summed E-state index contributed by atoms with van der Waals surface area (Å²) in [5, 5.41) is 7.41. The first-order valence-electron chi connectivity index (χ1n) is 8.44. The van der Waals surface area contributed by atoms with Crippen molar-refractivity contribution < 1.29 is 9.53 Å². The van der Waals surface area contributed by atoms with E-state index < -0.39 is 0 Å². The molecule has 3 rings (SSSR count). The van der Waals surface area contributed by atoms with E-state index in [2.05, 4.69) is 46.5 Å². The number of hydrogen-bond donors (Lipinski definition) is 2. The maximum atomic E-state index is 12.5. The first-order chi connectivity index (χ1) is 11.5. The van der Waals surface area contributed by atoms with Crippen LogP contribution in [0.2, 0.25) is 0 Å². The minimum absolute atomic E-state index is 0. The standard InChI is InChI=1S/C18H26N4O2.2ClH/c1-13-17(19-7-11-24-13)18(23)20-15-5-4-14-6-8-22(16(14)12-15)10-9-21(2)3;;/h4-6,8,12-13,17,19H,7,9-11H2,1-3H3,(H,20,23);2*1H/t13-,17+;;/m1../s1. The van der Waals surface area contributed by atoms with E-state index in [1.807, 2.05) is 25.1 Å². The zero-order valence-corrected chi connectivity index (χ0v) is 17.0. The highest BCUT2D eigenvalue weighted by Crippen LogP contribution is 2.21. The Labute approximate surface area is 167 Å². The maximum Gasteiger partial charge on any atom is 0.244 e. The molecule has 26 heavy (non-hydrogen) atoms. The molecule has 0 aliphatic carbocycles. The predicted molar refractivity (Wildman–Crippen MR) is 111 cm³/mol. The van der Waals surface area contributed by atoms with Gasteiger partial charge in [-0.3, -0.25) is 4.79 Å². The second-order valence-corrected chi connectivity index (χ2v) is 6.58. The largest absolute Gasteiger partial charge is 0.375 e. The Balaban J connectivity index is 0.00000169. The van der Waals surface area contributed by atoms with Crippen LogP contribution in [0.1, 0.15) is 6.92 Å². The second-order valence-electron chi connectivity index (χ2n) is 6.58. The third kappa shape index (κ3) is 5.34. The van der Waals surface area contributed by atoms with Crippen LogP contribution in [-0.4, -0.2) is 61.3 Å². The number of anilines is 1. The van der Waals surface area contributed by atoms with Gasteiger partial charge in [0.2, 0.25) is 5.91 Å². The molecule has 1 saturated heterocycles. The summed E-state index contributed by atoms with van der Waals surface area (Å²) in [6, 6.07) is 7.83. The first kappa shape index (κ1) is 22.7. The molecule has 2 atom stereocenters. The van der Waals surface area contributed by atoms with E-state index in [4.69, 9.17) is 4.74 Å². The van der Waals surface area contributed by atoms with Gasteiger partial charge in [-0.15, -0.1) is 24.8 Å². The van der Waals surface area contributed by atoms with Gasteiger partial charge in [0.25, 0.3) is 0 Å². The maximum absolute atomic E-state index is 12.5. The van der Waals surface area contributed by atoms with E-state index in [-0.39, 0.29) is 42.9 Å². The van der Waals surface area contributed by atoms with Crippen molar-refractivity contribution in [2.24, 2.45) is 0 Å². The van der Waals surface area contributed by atoms with Gasteiger partial charge in [0.15, 0.2) is 0 Å². The molecule has 2 heterocycles. The van der Waals surface area contributed by atoms with Gasteiger partial charge in [-0.2, -0.15) is 0 Å². The summed E-state index contributed by atoms with van der Waals surface area (Å²) in [6.07, 6.45) is 1.98. The lowest BCUT2D eigenvalue weighted by atomic mass is 10.1. The van der Waals surface area contributed by atoms with Gasteiger partial charge >= 0.3 is 0 Å². The molecule has 1 aromatic heterocycles. The number of amides is 1. The van der Waals surface area contributed by atoms with E-state index >= 15 is 0 Å². The van der Waals surface area contributed by atoms with Gasteiger partial charge < -0.3 is 24.8 Å². The fourth-order valence-electron chi connectivity index (χ4n) is 3.01. The monoisotopic (exact) mass is 402 g/mol. The smallest absolute Gasteiger partial charge is 0.244 e. The van der Waals surface area contributed by atoms with Crippen molar-refractivity contribution in [1.82, 2.24) is 14.8 Å². The van der Waals surface area contributed by atoms with Gasteiger partial charge in [-0.05, 0) is 44.6 Å². The molecule has 6 nitrogen and oxygen atoms in total. The molecule has 1 aliphatic heterocycles.